The maximum Gasteiger partial charge on any atom is 0.311 e. The van der Waals surface area contributed by atoms with Gasteiger partial charge in [0, 0.05) is 6.54 Å². The van der Waals surface area contributed by atoms with Crippen molar-refractivity contribution in [3.63, 3.8) is 0 Å². The van der Waals surface area contributed by atoms with E-state index in [4.69, 9.17) is 0 Å². The molecule has 0 unspecified atom stereocenters. The topological polar surface area (TPSA) is 97.1 Å². The number of amides is 1. The van der Waals surface area contributed by atoms with Crippen molar-refractivity contribution >= 4 is 11.9 Å². The van der Waals surface area contributed by atoms with Gasteiger partial charge >= 0.3 is 5.97 Å². The fraction of sp³-hybridized carbons (Fsp3) is 0.474. The highest BCUT2D eigenvalue weighted by Crippen LogP contribution is 2.36. The minimum atomic E-state index is -0.829. The Balaban J connectivity index is 1.64. The number of carbonyl (C=O) groups excluding carboxylic acids is 1. The summed E-state index contributed by atoms with van der Waals surface area (Å²) in [5, 5.41) is 20.6. The van der Waals surface area contributed by atoms with Crippen LogP contribution in [0.1, 0.15) is 43.5 Å². The third-order valence-electron chi connectivity index (χ3n) is 5.21. The third-order valence-corrected chi connectivity index (χ3v) is 5.21. The maximum absolute atomic E-state index is 12.3. The van der Waals surface area contributed by atoms with Crippen LogP contribution in [0.25, 0.3) is 5.69 Å². The van der Waals surface area contributed by atoms with Crippen molar-refractivity contribution in [3.05, 3.63) is 41.7 Å². The fourth-order valence-corrected chi connectivity index (χ4v) is 3.52. The monoisotopic (exact) mass is 356 g/mol. The van der Waals surface area contributed by atoms with Crippen molar-refractivity contribution in [1.29, 1.82) is 0 Å². The van der Waals surface area contributed by atoms with E-state index in [9.17, 15) is 14.7 Å². The lowest BCUT2D eigenvalue weighted by atomic mass is 9.74. The highest BCUT2D eigenvalue weighted by Gasteiger charge is 2.39. The van der Waals surface area contributed by atoms with E-state index in [0.29, 0.717) is 18.5 Å². The molecule has 1 aromatic heterocycles. The molecule has 7 nitrogen and oxygen atoms in total. The van der Waals surface area contributed by atoms with Gasteiger partial charge in [-0.2, -0.15) is 0 Å². The first-order valence-electron chi connectivity index (χ1n) is 8.98. The summed E-state index contributed by atoms with van der Waals surface area (Å²) in [6.07, 6.45) is 4.18. The Labute approximate surface area is 152 Å². The average molecular weight is 356 g/mol. The van der Waals surface area contributed by atoms with Crippen LogP contribution in [0.4, 0.5) is 0 Å². The van der Waals surface area contributed by atoms with Crippen LogP contribution in [0, 0.1) is 12.3 Å². The van der Waals surface area contributed by atoms with Crippen molar-refractivity contribution in [3.8, 4) is 5.69 Å². The largest absolute Gasteiger partial charge is 0.481 e. The number of hydrogen-bond donors (Lipinski definition) is 2. The van der Waals surface area contributed by atoms with E-state index < -0.39 is 11.4 Å². The number of hydrogen-bond acceptors (Lipinski definition) is 4. The fourth-order valence-electron chi connectivity index (χ4n) is 3.52. The number of carboxylic acids is 1. The number of aromatic nitrogens is 3. The number of nitrogens with zero attached hydrogens (tertiary/aromatic N) is 3. The standard InChI is InChI=1S/C19H24N4O3/c1-14-16(21-22-23(14)15-8-4-2-5-9-15)12-17(24)20-13-19(18(25)26)10-6-3-7-11-19/h2,4-5,8-9H,3,6-7,10-13H2,1H3,(H,20,24)(H,25,26). The molecule has 1 aliphatic rings. The number of carbonyl (C=O) groups is 2. The summed E-state index contributed by atoms with van der Waals surface area (Å²) in [5.74, 6) is -1.04. The van der Waals surface area contributed by atoms with E-state index in [1.165, 1.54) is 0 Å². The van der Waals surface area contributed by atoms with Gasteiger partial charge in [-0.3, -0.25) is 9.59 Å². The first-order chi connectivity index (χ1) is 12.5. The smallest absolute Gasteiger partial charge is 0.311 e. The molecule has 0 atom stereocenters. The number of aliphatic carboxylic acids is 1. The van der Waals surface area contributed by atoms with Crippen LogP contribution in [-0.2, 0) is 16.0 Å². The summed E-state index contributed by atoms with van der Waals surface area (Å²) in [7, 11) is 0. The Bertz CT molecular complexity index is 779. The van der Waals surface area contributed by atoms with Gasteiger partial charge in [0.2, 0.25) is 5.91 Å². The lowest BCUT2D eigenvalue weighted by Crippen LogP contribution is -2.44. The first kappa shape index (κ1) is 18.1. The summed E-state index contributed by atoms with van der Waals surface area (Å²) in [6.45, 7) is 2.04. The molecule has 3 rings (SSSR count). The van der Waals surface area contributed by atoms with E-state index in [1.54, 1.807) is 4.68 Å². The minimum absolute atomic E-state index is 0.0916. The van der Waals surface area contributed by atoms with E-state index in [-0.39, 0.29) is 18.9 Å². The normalized spacial score (nSPS) is 16.2. The number of rotatable bonds is 6. The molecular formula is C19H24N4O3. The van der Waals surface area contributed by atoms with Crippen LogP contribution in [-0.4, -0.2) is 38.5 Å². The maximum atomic E-state index is 12.3. The molecule has 0 radical (unpaired) electrons. The number of nitrogens with one attached hydrogen (secondary N) is 1. The molecule has 1 fully saturated rings. The summed E-state index contributed by atoms with van der Waals surface area (Å²) in [4.78, 5) is 24.0. The Morgan fingerprint density at radius 1 is 1.19 bits per heavy atom. The molecule has 0 bridgehead atoms. The molecule has 2 aromatic rings. The number of para-hydroxylation sites is 1. The SMILES string of the molecule is Cc1c(CC(=O)NCC2(C(=O)O)CCCCC2)nnn1-c1ccccc1. The van der Waals surface area contributed by atoms with Gasteiger partial charge < -0.3 is 10.4 Å². The second-order valence-electron chi connectivity index (χ2n) is 6.97. The molecule has 1 aliphatic carbocycles. The second kappa shape index (κ2) is 7.68. The Hall–Kier alpha value is -2.70. The Morgan fingerprint density at radius 3 is 2.54 bits per heavy atom. The Morgan fingerprint density at radius 2 is 1.88 bits per heavy atom. The molecule has 138 valence electrons. The molecule has 0 aliphatic heterocycles. The predicted molar refractivity (Wildman–Crippen MR) is 96.0 cm³/mol. The van der Waals surface area contributed by atoms with Crippen molar-refractivity contribution in [2.75, 3.05) is 6.54 Å². The third kappa shape index (κ3) is 3.76. The lowest BCUT2D eigenvalue weighted by molar-refractivity contribution is -0.151. The van der Waals surface area contributed by atoms with Crippen LogP contribution in [0.2, 0.25) is 0 Å². The molecule has 1 heterocycles. The van der Waals surface area contributed by atoms with Gasteiger partial charge in [0.25, 0.3) is 0 Å². The zero-order chi connectivity index (χ0) is 18.6. The summed E-state index contributed by atoms with van der Waals surface area (Å²) in [5.41, 5.74) is 1.46. The van der Waals surface area contributed by atoms with Crippen molar-refractivity contribution < 1.29 is 14.7 Å². The lowest BCUT2D eigenvalue weighted by Gasteiger charge is -2.33. The zero-order valence-corrected chi connectivity index (χ0v) is 14.9. The second-order valence-corrected chi connectivity index (χ2v) is 6.97. The van der Waals surface area contributed by atoms with Crippen LogP contribution < -0.4 is 5.32 Å². The quantitative estimate of drug-likeness (QED) is 0.827. The van der Waals surface area contributed by atoms with E-state index in [0.717, 1.165) is 30.6 Å². The van der Waals surface area contributed by atoms with Gasteiger partial charge in [0.05, 0.1) is 28.9 Å². The van der Waals surface area contributed by atoms with Gasteiger partial charge in [-0.1, -0.05) is 42.7 Å². The number of benzene rings is 1. The zero-order valence-electron chi connectivity index (χ0n) is 14.9. The van der Waals surface area contributed by atoms with Gasteiger partial charge in [-0.25, -0.2) is 4.68 Å². The van der Waals surface area contributed by atoms with Crippen molar-refractivity contribution in [2.45, 2.75) is 45.4 Å². The van der Waals surface area contributed by atoms with Crippen LogP contribution in [0.5, 0.6) is 0 Å². The summed E-state index contributed by atoms with van der Waals surface area (Å²) < 4.78 is 1.70. The molecule has 1 saturated carbocycles. The van der Waals surface area contributed by atoms with Crippen LogP contribution >= 0.6 is 0 Å². The Kier molecular flexibility index (Phi) is 5.35. The van der Waals surface area contributed by atoms with Gasteiger partial charge in [0.1, 0.15) is 0 Å². The molecule has 7 heteroatoms. The van der Waals surface area contributed by atoms with E-state index in [1.807, 2.05) is 37.3 Å². The molecule has 2 N–H and O–H groups in total. The molecular weight excluding hydrogens is 332 g/mol. The summed E-state index contributed by atoms with van der Waals surface area (Å²) >= 11 is 0. The van der Waals surface area contributed by atoms with Gasteiger partial charge in [0.15, 0.2) is 0 Å². The van der Waals surface area contributed by atoms with E-state index in [2.05, 4.69) is 15.6 Å². The van der Waals surface area contributed by atoms with Crippen molar-refractivity contribution in [1.82, 2.24) is 20.3 Å². The van der Waals surface area contributed by atoms with Gasteiger partial charge in [-0.15, -0.1) is 5.10 Å². The molecule has 1 aromatic carbocycles. The number of carboxylic acid groups (broad SMARTS) is 1. The van der Waals surface area contributed by atoms with Crippen LogP contribution in [0.15, 0.2) is 30.3 Å². The van der Waals surface area contributed by atoms with Crippen LogP contribution in [0.3, 0.4) is 0 Å². The highest BCUT2D eigenvalue weighted by atomic mass is 16.4. The highest BCUT2D eigenvalue weighted by molar-refractivity contribution is 5.80. The molecule has 0 spiro atoms. The average Bonchev–Trinajstić information content (AvgIpc) is 3.02. The summed E-state index contributed by atoms with van der Waals surface area (Å²) in [6, 6.07) is 9.60. The molecule has 0 saturated heterocycles. The minimum Gasteiger partial charge on any atom is -0.481 e. The molecule has 26 heavy (non-hydrogen) atoms. The first-order valence-corrected chi connectivity index (χ1v) is 8.98. The van der Waals surface area contributed by atoms with Gasteiger partial charge in [-0.05, 0) is 31.9 Å². The predicted octanol–water partition coefficient (Wildman–Crippen LogP) is 2.27. The molecule has 1 amide bonds. The van der Waals surface area contributed by atoms with Crippen molar-refractivity contribution in [2.24, 2.45) is 5.41 Å². The van der Waals surface area contributed by atoms with E-state index >= 15 is 0 Å².